The van der Waals surface area contributed by atoms with Gasteiger partial charge in [-0.05, 0) is 7.05 Å². The number of hydrogen-bond donors (Lipinski definition) is 2. The monoisotopic (exact) mass is 281 g/mol. The third-order valence-corrected chi connectivity index (χ3v) is 3.20. The van der Waals surface area contributed by atoms with Crippen LogP contribution in [0.2, 0.25) is 0 Å². The average Bonchev–Trinajstić information content (AvgIpc) is 2.45. The van der Waals surface area contributed by atoms with Crippen LogP contribution >= 0.6 is 0 Å². The topological polar surface area (TPSA) is 69.0 Å². The first kappa shape index (κ1) is 14.7. The summed E-state index contributed by atoms with van der Waals surface area (Å²) >= 11 is 0. The summed E-state index contributed by atoms with van der Waals surface area (Å²) in [5.74, 6) is 1.47. The van der Waals surface area contributed by atoms with E-state index in [1.807, 2.05) is 12.1 Å². The molecule has 1 aliphatic rings. The van der Waals surface area contributed by atoms with Crippen molar-refractivity contribution in [3.05, 3.63) is 12.1 Å². The Morgan fingerprint density at radius 1 is 1.25 bits per heavy atom. The minimum atomic E-state index is 0.573. The Morgan fingerprint density at radius 3 is 2.65 bits per heavy atom. The molecule has 2 rings (SSSR count). The zero-order valence-electron chi connectivity index (χ0n) is 12.1. The highest BCUT2D eigenvalue weighted by Crippen LogP contribution is 2.36. The highest BCUT2D eigenvalue weighted by Gasteiger charge is 2.14. The van der Waals surface area contributed by atoms with Crippen molar-refractivity contribution in [2.24, 2.45) is 0 Å². The van der Waals surface area contributed by atoms with E-state index in [-0.39, 0.29) is 0 Å². The Balaban J connectivity index is 1.86. The number of likely N-dealkylation sites (N-methyl/N-ethyl adjacent to an activating group) is 1. The third-order valence-electron chi connectivity index (χ3n) is 3.20. The molecule has 0 fully saturated rings. The predicted molar refractivity (Wildman–Crippen MR) is 79.7 cm³/mol. The molecule has 0 amide bonds. The van der Waals surface area contributed by atoms with Crippen molar-refractivity contribution in [1.82, 2.24) is 4.90 Å². The zero-order valence-corrected chi connectivity index (χ0v) is 12.1. The Kier molecular flexibility index (Phi) is 5.31. The fourth-order valence-electron chi connectivity index (χ4n) is 2.00. The van der Waals surface area contributed by atoms with E-state index in [0.717, 1.165) is 43.4 Å². The lowest BCUT2D eigenvalue weighted by molar-refractivity contribution is 0.163. The molecule has 0 atom stereocenters. The molecule has 0 aliphatic carbocycles. The molecule has 0 radical (unpaired) electrons. The Labute approximate surface area is 119 Å². The van der Waals surface area contributed by atoms with Gasteiger partial charge in [-0.25, -0.2) is 0 Å². The quantitative estimate of drug-likeness (QED) is 0.728. The van der Waals surface area contributed by atoms with Gasteiger partial charge in [-0.1, -0.05) is 0 Å². The lowest BCUT2D eigenvalue weighted by Crippen LogP contribution is -2.28. The molecule has 3 N–H and O–H groups in total. The first-order valence-electron chi connectivity index (χ1n) is 6.81. The number of rotatable bonds is 7. The highest BCUT2D eigenvalue weighted by atomic mass is 16.6. The maximum atomic E-state index is 6.01. The number of nitrogens with zero attached hydrogens (tertiary/aromatic N) is 1. The summed E-state index contributed by atoms with van der Waals surface area (Å²) in [5.41, 5.74) is 7.57. The van der Waals surface area contributed by atoms with E-state index in [9.17, 15) is 0 Å². The molecule has 1 aromatic rings. The molecular weight excluding hydrogens is 258 g/mol. The number of anilines is 2. The lowest BCUT2D eigenvalue weighted by Gasteiger charge is -2.21. The van der Waals surface area contributed by atoms with Crippen LogP contribution in [0.15, 0.2) is 12.1 Å². The maximum Gasteiger partial charge on any atom is 0.163 e. The van der Waals surface area contributed by atoms with Crippen molar-refractivity contribution in [3.8, 4) is 11.5 Å². The van der Waals surface area contributed by atoms with Gasteiger partial charge in [-0.2, -0.15) is 0 Å². The van der Waals surface area contributed by atoms with Gasteiger partial charge in [0, 0.05) is 38.9 Å². The van der Waals surface area contributed by atoms with Gasteiger partial charge in [0.05, 0.1) is 18.0 Å². The molecule has 0 aromatic heterocycles. The SMILES string of the molecule is COCCN(C)CCNc1cc2c(cc1N)OCCO2. The van der Waals surface area contributed by atoms with Crippen LogP contribution in [-0.4, -0.2) is 58.5 Å². The van der Waals surface area contributed by atoms with Crippen LogP contribution in [0.3, 0.4) is 0 Å². The fraction of sp³-hybridized carbons (Fsp3) is 0.571. The molecule has 0 spiro atoms. The van der Waals surface area contributed by atoms with Crippen molar-refractivity contribution in [1.29, 1.82) is 0 Å². The third kappa shape index (κ3) is 3.91. The van der Waals surface area contributed by atoms with Crippen molar-refractivity contribution in [2.75, 3.05) is 64.7 Å². The van der Waals surface area contributed by atoms with E-state index in [1.165, 1.54) is 0 Å². The van der Waals surface area contributed by atoms with Gasteiger partial charge < -0.3 is 30.2 Å². The highest BCUT2D eigenvalue weighted by molar-refractivity contribution is 5.72. The number of benzene rings is 1. The Bertz CT molecular complexity index is 440. The normalized spacial score (nSPS) is 13.6. The van der Waals surface area contributed by atoms with Gasteiger partial charge in [-0.3, -0.25) is 0 Å². The molecule has 1 heterocycles. The van der Waals surface area contributed by atoms with E-state index >= 15 is 0 Å². The van der Waals surface area contributed by atoms with Crippen LogP contribution in [0.25, 0.3) is 0 Å². The first-order valence-corrected chi connectivity index (χ1v) is 6.81. The van der Waals surface area contributed by atoms with Crippen LogP contribution in [0.4, 0.5) is 11.4 Å². The molecule has 6 heteroatoms. The molecule has 0 saturated carbocycles. The van der Waals surface area contributed by atoms with E-state index in [2.05, 4.69) is 17.3 Å². The molecule has 6 nitrogen and oxygen atoms in total. The Morgan fingerprint density at radius 2 is 1.95 bits per heavy atom. The fourth-order valence-corrected chi connectivity index (χ4v) is 2.00. The molecule has 0 unspecified atom stereocenters. The molecular formula is C14H23N3O3. The number of hydrogen-bond acceptors (Lipinski definition) is 6. The van der Waals surface area contributed by atoms with Crippen molar-refractivity contribution >= 4 is 11.4 Å². The maximum absolute atomic E-state index is 6.01. The number of ether oxygens (including phenoxy) is 3. The van der Waals surface area contributed by atoms with Gasteiger partial charge in [0.2, 0.25) is 0 Å². The lowest BCUT2D eigenvalue weighted by atomic mass is 10.2. The van der Waals surface area contributed by atoms with Crippen LogP contribution in [-0.2, 0) is 4.74 Å². The molecule has 20 heavy (non-hydrogen) atoms. The number of fused-ring (bicyclic) bond motifs is 1. The van der Waals surface area contributed by atoms with Crippen LogP contribution in [0, 0.1) is 0 Å². The van der Waals surface area contributed by atoms with Crippen molar-refractivity contribution < 1.29 is 14.2 Å². The number of methoxy groups -OCH3 is 1. The standard InChI is InChI=1S/C14H23N3O3/c1-17(5-6-18-2)4-3-16-12-10-14-13(9-11(12)15)19-7-8-20-14/h9-10,16H,3-8,15H2,1-2H3. The van der Waals surface area contributed by atoms with Crippen LogP contribution < -0.4 is 20.5 Å². The zero-order chi connectivity index (χ0) is 14.4. The summed E-state index contributed by atoms with van der Waals surface area (Å²) in [7, 11) is 3.77. The van der Waals surface area contributed by atoms with E-state index < -0.39 is 0 Å². The summed E-state index contributed by atoms with van der Waals surface area (Å²) in [6, 6.07) is 3.71. The Hall–Kier alpha value is -1.66. The second kappa shape index (κ2) is 7.21. The molecule has 112 valence electrons. The second-order valence-electron chi connectivity index (χ2n) is 4.81. The van der Waals surface area contributed by atoms with Gasteiger partial charge in [0.1, 0.15) is 13.2 Å². The summed E-state index contributed by atoms with van der Waals surface area (Å²) in [5, 5.41) is 3.33. The van der Waals surface area contributed by atoms with Crippen molar-refractivity contribution in [3.63, 3.8) is 0 Å². The molecule has 0 bridgehead atoms. The predicted octanol–water partition coefficient (Wildman–Crippen LogP) is 1.03. The van der Waals surface area contributed by atoms with Crippen LogP contribution in [0.1, 0.15) is 0 Å². The molecule has 0 saturated heterocycles. The minimum Gasteiger partial charge on any atom is -0.486 e. The van der Waals surface area contributed by atoms with Crippen LogP contribution in [0.5, 0.6) is 11.5 Å². The summed E-state index contributed by atoms with van der Waals surface area (Å²) in [6.07, 6.45) is 0. The summed E-state index contributed by atoms with van der Waals surface area (Å²) in [4.78, 5) is 2.20. The smallest absolute Gasteiger partial charge is 0.163 e. The van der Waals surface area contributed by atoms with Gasteiger partial charge >= 0.3 is 0 Å². The molecule has 1 aliphatic heterocycles. The van der Waals surface area contributed by atoms with Gasteiger partial charge in [-0.15, -0.1) is 0 Å². The van der Waals surface area contributed by atoms with Gasteiger partial charge in [0.25, 0.3) is 0 Å². The summed E-state index contributed by atoms with van der Waals surface area (Å²) in [6.45, 7) is 4.53. The largest absolute Gasteiger partial charge is 0.486 e. The molecule has 1 aromatic carbocycles. The van der Waals surface area contributed by atoms with Gasteiger partial charge in [0.15, 0.2) is 11.5 Å². The van der Waals surface area contributed by atoms with E-state index in [1.54, 1.807) is 7.11 Å². The number of nitrogens with two attached hydrogens (primary N) is 1. The second-order valence-corrected chi connectivity index (χ2v) is 4.81. The average molecular weight is 281 g/mol. The first-order chi connectivity index (χ1) is 9.70. The number of nitrogen functional groups attached to an aromatic ring is 1. The van der Waals surface area contributed by atoms with E-state index in [4.69, 9.17) is 19.9 Å². The number of nitrogens with one attached hydrogen (secondary N) is 1. The minimum absolute atomic E-state index is 0.573. The summed E-state index contributed by atoms with van der Waals surface area (Å²) < 4.78 is 16.1. The van der Waals surface area contributed by atoms with Crippen molar-refractivity contribution in [2.45, 2.75) is 0 Å². The van der Waals surface area contributed by atoms with E-state index in [0.29, 0.717) is 18.9 Å².